The highest BCUT2D eigenvalue weighted by Crippen LogP contribution is 2.17. The lowest BCUT2D eigenvalue weighted by molar-refractivity contribution is 0.595. The molecule has 0 aliphatic heterocycles. The lowest BCUT2D eigenvalue weighted by Crippen LogP contribution is -2.21. The Morgan fingerprint density at radius 3 is 2.15 bits per heavy atom. The van der Waals surface area contributed by atoms with Crippen LogP contribution in [-0.2, 0) is 9.84 Å². The van der Waals surface area contributed by atoms with E-state index in [9.17, 15) is 8.42 Å². The number of benzene rings is 1. The molecule has 0 fully saturated rings. The van der Waals surface area contributed by atoms with Gasteiger partial charge in [0.2, 0.25) is 0 Å². The van der Waals surface area contributed by atoms with Crippen LogP contribution in [-0.4, -0.2) is 39.6 Å². The summed E-state index contributed by atoms with van der Waals surface area (Å²) >= 11 is 0. The van der Waals surface area contributed by atoms with E-state index in [1.165, 1.54) is 5.69 Å². The number of anilines is 2. The smallest absolute Gasteiger partial charge is 0.150 e. The second kappa shape index (κ2) is 8.15. The molecule has 0 bridgehead atoms. The third-order valence-corrected chi connectivity index (χ3v) is 5.19. The number of rotatable bonds is 9. The summed E-state index contributed by atoms with van der Waals surface area (Å²) in [5.41, 5.74) is 2.25. The van der Waals surface area contributed by atoms with E-state index in [2.05, 4.69) is 36.2 Å². The third kappa shape index (κ3) is 5.41. The molecule has 4 nitrogen and oxygen atoms in total. The molecule has 5 heteroatoms. The largest absolute Gasteiger partial charge is 0.385 e. The highest BCUT2D eigenvalue weighted by atomic mass is 32.2. The van der Waals surface area contributed by atoms with Crippen LogP contribution in [0.1, 0.15) is 27.2 Å². The van der Waals surface area contributed by atoms with Gasteiger partial charge < -0.3 is 10.2 Å². The second-order valence-corrected chi connectivity index (χ2v) is 7.21. The van der Waals surface area contributed by atoms with E-state index in [0.717, 1.165) is 18.8 Å². The lowest BCUT2D eigenvalue weighted by Gasteiger charge is -2.21. The summed E-state index contributed by atoms with van der Waals surface area (Å²) in [4.78, 5) is 2.29. The van der Waals surface area contributed by atoms with Crippen molar-refractivity contribution in [3.63, 3.8) is 0 Å². The predicted octanol–water partition coefficient (Wildman–Crippen LogP) is 2.77. The fourth-order valence-corrected chi connectivity index (χ4v) is 2.92. The predicted molar refractivity (Wildman–Crippen MR) is 87.4 cm³/mol. The molecule has 0 heterocycles. The SMILES string of the molecule is CCN(CC)c1ccc(NCCCS(=O)(=O)CC)cc1. The van der Waals surface area contributed by atoms with E-state index < -0.39 is 9.84 Å². The minimum absolute atomic E-state index is 0.228. The molecule has 0 aliphatic carbocycles. The van der Waals surface area contributed by atoms with Crippen LogP contribution in [0.15, 0.2) is 24.3 Å². The van der Waals surface area contributed by atoms with Gasteiger partial charge in [0.05, 0.1) is 5.75 Å². The number of hydrogen-bond acceptors (Lipinski definition) is 4. The molecule has 0 aliphatic rings. The minimum atomic E-state index is -2.85. The average molecular weight is 298 g/mol. The van der Waals surface area contributed by atoms with Crippen LogP contribution in [0.3, 0.4) is 0 Å². The number of nitrogens with one attached hydrogen (secondary N) is 1. The first-order valence-corrected chi connectivity index (χ1v) is 9.13. The van der Waals surface area contributed by atoms with Crippen LogP contribution in [0, 0.1) is 0 Å². The van der Waals surface area contributed by atoms with E-state index in [-0.39, 0.29) is 11.5 Å². The average Bonchev–Trinajstić information content (AvgIpc) is 2.46. The Morgan fingerprint density at radius 1 is 1.05 bits per heavy atom. The molecule has 1 aromatic rings. The molecular weight excluding hydrogens is 272 g/mol. The zero-order chi connectivity index (χ0) is 15.0. The van der Waals surface area contributed by atoms with Gasteiger partial charge in [0.25, 0.3) is 0 Å². The molecule has 0 atom stereocenters. The maximum Gasteiger partial charge on any atom is 0.150 e. The van der Waals surface area contributed by atoms with Crippen LogP contribution in [0.4, 0.5) is 11.4 Å². The van der Waals surface area contributed by atoms with Crippen LogP contribution < -0.4 is 10.2 Å². The van der Waals surface area contributed by atoms with Gasteiger partial charge >= 0.3 is 0 Å². The summed E-state index contributed by atoms with van der Waals surface area (Å²) in [6.07, 6.45) is 0.647. The summed E-state index contributed by atoms with van der Waals surface area (Å²) in [5.74, 6) is 0.486. The van der Waals surface area contributed by atoms with Crippen molar-refractivity contribution in [2.24, 2.45) is 0 Å². The second-order valence-electron chi connectivity index (χ2n) is 4.74. The van der Waals surface area contributed by atoms with Gasteiger partial charge in [-0.1, -0.05) is 6.92 Å². The molecule has 0 aromatic heterocycles. The van der Waals surface area contributed by atoms with Gasteiger partial charge in [0.1, 0.15) is 9.84 Å². The van der Waals surface area contributed by atoms with Crippen molar-refractivity contribution in [2.45, 2.75) is 27.2 Å². The topological polar surface area (TPSA) is 49.4 Å². The van der Waals surface area contributed by atoms with Gasteiger partial charge in [-0.25, -0.2) is 8.42 Å². The van der Waals surface area contributed by atoms with Crippen molar-refractivity contribution in [3.8, 4) is 0 Å². The van der Waals surface area contributed by atoms with Crippen molar-refractivity contribution in [1.29, 1.82) is 0 Å². The molecule has 0 saturated heterocycles. The van der Waals surface area contributed by atoms with Gasteiger partial charge in [-0.15, -0.1) is 0 Å². The fraction of sp³-hybridized carbons (Fsp3) is 0.600. The van der Waals surface area contributed by atoms with Gasteiger partial charge in [0.15, 0.2) is 0 Å². The Labute approximate surface area is 123 Å². The Kier molecular flexibility index (Phi) is 6.85. The summed E-state index contributed by atoms with van der Waals surface area (Å²) in [7, 11) is -2.85. The zero-order valence-electron chi connectivity index (χ0n) is 12.7. The Bertz CT molecular complexity index is 479. The normalized spacial score (nSPS) is 11.3. The molecule has 0 unspecified atom stereocenters. The lowest BCUT2D eigenvalue weighted by atomic mass is 10.2. The molecule has 0 radical (unpaired) electrons. The van der Waals surface area contributed by atoms with Gasteiger partial charge in [0, 0.05) is 36.8 Å². The standard InChI is InChI=1S/C15H26N2O2S/c1-4-17(5-2)15-10-8-14(9-11-15)16-12-7-13-20(18,19)6-3/h8-11,16H,4-7,12-13H2,1-3H3. The van der Waals surface area contributed by atoms with Crippen molar-refractivity contribution in [3.05, 3.63) is 24.3 Å². The zero-order valence-corrected chi connectivity index (χ0v) is 13.5. The minimum Gasteiger partial charge on any atom is -0.385 e. The highest BCUT2D eigenvalue weighted by molar-refractivity contribution is 7.91. The van der Waals surface area contributed by atoms with Gasteiger partial charge in [-0.05, 0) is 44.5 Å². The summed E-state index contributed by atoms with van der Waals surface area (Å²) in [5, 5.41) is 3.26. The summed E-state index contributed by atoms with van der Waals surface area (Å²) in [6, 6.07) is 8.28. The van der Waals surface area contributed by atoms with E-state index >= 15 is 0 Å². The maximum absolute atomic E-state index is 11.4. The molecule has 114 valence electrons. The first-order valence-electron chi connectivity index (χ1n) is 7.31. The third-order valence-electron chi connectivity index (χ3n) is 3.40. The fourth-order valence-electron chi connectivity index (χ4n) is 2.05. The Morgan fingerprint density at radius 2 is 1.65 bits per heavy atom. The van der Waals surface area contributed by atoms with Crippen molar-refractivity contribution >= 4 is 21.2 Å². The highest BCUT2D eigenvalue weighted by Gasteiger charge is 2.06. The molecule has 1 N–H and O–H groups in total. The molecular formula is C15H26N2O2S. The molecule has 0 amide bonds. The quantitative estimate of drug-likeness (QED) is 0.712. The molecule has 20 heavy (non-hydrogen) atoms. The van der Waals surface area contributed by atoms with Crippen molar-refractivity contribution in [1.82, 2.24) is 0 Å². The first-order chi connectivity index (χ1) is 9.52. The van der Waals surface area contributed by atoms with E-state index in [1.54, 1.807) is 6.92 Å². The summed E-state index contributed by atoms with van der Waals surface area (Å²) in [6.45, 7) is 8.66. The first kappa shape index (κ1) is 16.8. The van der Waals surface area contributed by atoms with Crippen molar-refractivity contribution < 1.29 is 8.42 Å². The van der Waals surface area contributed by atoms with Crippen molar-refractivity contribution in [2.75, 3.05) is 41.4 Å². The van der Waals surface area contributed by atoms with E-state index in [0.29, 0.717) is 13.0 Å². The summed E-state index contributed by atoms with van der Waals surface area (Å²) < 4.78 is 22.7. The molecule has 1 aromatic carbocycles. The van der Waals surface area contributed by atoms with Gasteiger partial charge in [-0.2, -0.15) is 0 Å². The Balaban J connectivity index is 2.42. The monoisotopic (exact) mass is 298 g/mol. The van der Waals surface area contributed by atoms with E-state index in [1.807, 2.05) is 12.1 Å². The number of nitrogens with zero attached hydrogens (tertiary/aromatic N) is 1. The maximum atomic E-state index is 11.4. The van der Waals surface area contributed by atoms with Crippen LogP contribution >= 0.6 is 0 Å². The van der Waals surface area contributed by atoms with Crippen LogP contribution in [0.2, 0.25) is 0 Å². The van der Waals surface area contributed by atoms with Crippen LogP contribution in [0.5, 0.6) is 0 Å². The molecule has 0 saturated carbocycles. The Hall–Kier alpha value is -1.23. The van der Waals surface area contributed by atoms with E-state index in [4.69, 9.17) is 0 Å². The number of hydrogen-bond donors (Lipinski definition) is 1. The number of sulfone groups is 1. The van der Waals surface area contributed by atoms with Crippen LogP contribution in [0.25, 0.3) is 0 Å². The van der Waals surface area contributed by atoms with Gasteiger partial charge in [-0.3, -0.25) is 0 Å². The molecule has 0 spiro atoms. The molecule has 1 rings (SSSR count).